The number of rotatable bonds is 10. The van der Waals surface area contributed by atoms with Crippen molar-refractivity contribution >= 4 is 66.4 Å². The van der Waals surface area contributed by atoms with Gasteiger partial charge >= 0.3 is 0 Å². The van der Waals surface area contributed by atoms with Crippen LogP contribution in [-0.2, 0) is 0 Å². The molecule has 0 aliphatic carbocycles. The average molecular weight is 989 g/mol. The van der Waals surface area contributed by atoms with Gasteiger partial charge in [-0.05, 0) is 203 Å². The van der Waals surface area contributed by atoms with Crippen LogP contribution in [0.3, 0.4) is 0 Å². The number of benzene rings is 12. The molecule has 0 unspecified atom stereocenters. The molecule has 0 saturated carbocycles. The maximum Gasteiger partial charge on any atom is 0.155 e. The van der Waals surface area contributed by atoms with E-state index in [1.54, 1.807) is 0 Å². The molecule has 0 N–H and O–H groups in total. The second kappa shape index (κ2) is 19.1. The van der Waals surface area contributed by atoms with E-state index in [0.29, 0.717) is 22.5 Å². The van der Waals surface area contributed by atoms with Crippen molar-refractivity contribution in [2.45, 2.75) is 55.4 Å². The molecular weight excluding hydrogens is 931 g/mol. The highest BCUT2D eigenvalue weighted by atomic mass is 19.1. The van der Waals surface area contributed by atoms with Crippen molar-refractivity contribution in [3.8, 4) is 44.5 Å². The first-order chi connectivity index (χ1) is 36.9. The predicted octanol–water partition coefficient (Wildman–Crippen LogP) is 20.9. The minimum atomic E-state index is -0.298. The van der Waals surface area contributed by atoms with Gasteiger partial charge in [0, 0.05) is 33.3 Å². The van der Waals surface area contributed by atoms with Crippen molar-refractivity contribution in [1.29, 1.82) is 0 Å². The Morgan fingerprint density at radius 2 is 0.579 bits per heavy atom. The maximum atomic E-state index is 18.6. The molecule has 0 bridgehead atoms. The van der Waals surface area contributed by atoms with Crippen LogP contribution in [0.25, 0.3) is 76.8 Å². The van der Waals surface area contributed by atoms with Gasteiger partial charge in [-0.25, -0.2) is 8.78 Å². The number of aryl methyl sites for hydroxylation is 4. The molecule has 2 nitrogen and oxygen atoms in total. The summed E-state index contributed by atoms with van der Waals surface area (Å²) >= 11 is 0. The Morgan fingerprint density at radius 1 is 0.263 bits per heavy atom. The number of hydrogen-bond donors (Lipinski definition) is 0. The van der Waals surface area contributed by atoms with E-state index in [-0.39, 0.29) is 11.6 Å². The molecule has 0 aliphatic rings. The lowest BCUT2D eigenvalue weighted by Gasteiger charge is -2.31. The summed E-state index contributed by atoms with van der Waals surface area (Å²) in [6, 6.07) is 70.5. The highest BCUT2D eigenvalue weighted by Crippen LogP contribution is 2.52. The molecule has 12 rings (SSSR count). The molecule has 0 saturated heterocycles. The van der Waals surface area contributed by atoms with Crippen LogP contribution in [0.4, 0.5) is 42.9 Å². The molecule has 370 valence electrons. The molecule has 0 atom stereocenters. The fourth-order valence-corrected chi connectivity index (χ4v) is 11.7. The average Bonchev–Trinajstić information content (AvgIpc) is 3.64. The van der Waals surface area contributed by atoms with Gasteiger partial charge in [-0.1, -0.05) is 158 Å². The van der Waals surface area contributed by atoms with E-state index in [2.05, 4.69) is 199 Å². The maximum absolute atomic E-state index is 18.6. The Balaban J connectivity index is 1.11. The Hall–Kier alpha value is -8.86. The Morgan fingerprint density at radius 3 is 0.947 bits per heavy atom. The third-order valence-corrected chi connectivity index (χ3v) is 16.4. The molecule has 0 radical (unpaired) electrons. The zero-order chi connectivity index (χ0) is 52.5. The quantitative estimate of drug-likeness (QED) is 0.126. The lowest BCUT2D eigenvalue weighted by Crippen LogP contribution is -2.14. The van der Waals surface area contributed by atoms with Gasteiger partial charge in [0.1, 0.15) is 0 Å². The summed E-state index contributed by atoms with van der Waals surface area (Å²) in [5.41, 5.74) is 19.7. The van der Waals surface area contributed by atoms with Crippen LogP contribution in [0.15, 0.2) is 206 Å². The first kappa shape index (κ1) is 48.1. The molecular formula is C72H58F2N2. The zero-order valence-corrected chi connectivity index (χ0v) is 44.3. The fourth-order valence-electron chi connectivity index (χ4n) is 11.7. The standard InChI is InChI=1S/C72H58F2N2/c1-43-19-15-27-55(47(43)5)59-37-41-65(71(73)69(59)57-29-17-21-45(3)49(57)7)75(53-23-11-9-12-24-53)63-39-33-51-32-36-62-64(40-34-52-31-35-61(63)67(51)68(52)62)76(54-25-13-10-14-26-54)66-42-38-60(56-28-16-20-44(2)48(56)6)70(72(66)74)58-30-18-22-46(4)50(58)8/h9-42H,1-8H3. The van der Waals surface area contributed by atoms with Crippen LogP contribution < -0.4 is 9.80 Å². The lowest BCUT2D eigenvalue weighted by molar-refractivity contribution is 0.632. The summed E-state index contributed by atoms with van der Waals surface area (Å²) < 4.78 is 37.2. The minimum absolute atomic E-state index is 0.298. The SMILES string of the molecule is Cc1cccc(-c2ccc(N(c3ccccc3)c3ccc4ccc5c(N(c6ccccc6)c6ccc(-c7cccc(C)c7C)c(-c7cccc(C)c7C)c6F)ccc6ccc3c4c65)c(F)c2-c2cccc(C)c2C)c1C. The third kappa shape index (κ3) is 7.82. The molecule has 12 aromatic rings. The van der Waals surface area contributed by atoms with Gasteiger partial charge in [0.05, 0.1) is 22.7 Å². The topological polar surface area (TPSA) is 6.48 Å². The van der Waals surface area contributed by atoms with Crippen LogP contribution in [0.2, 0.25) is 0 Å². The Labute approximate surface area is 445 Å². The van der Waals surface area contributed by atoms with Gasteiger partial charge in [0.2, 0.25) is 0 Å². The molecule has 0 amide bonds. The molecule has 0 aliphatic heterocycles. The second-order valence-corrected chi connectivity index (χ2v) is 20.6. The van der Waals surface area contributed by atoms with Crippen molar-refractivity contribution in [2.24, 2.45) is 0 Å². The predicted molar refractivity (Wildman–Crippen MR) is 319 cm³/mol. The number of hydrogen-bond acceptors (Lipinski definition) is 2. The largest absolute Gasteiger partial charge is 0.307 e. The van der Waals surface area contributed by atoms with Gasteiger partial charge < -0.3 is 9.80 Å². The third-order valence-electron chi connectivity index (χ3n) is 16.4. The van der Waals surface area contributed by atoms with Gasteiger partial charge in [-0.3, -0.25) is 0 Å². The van der Waals surface area contributed by atoms with E-state index in [4.69, 9.17) is 0 Å². The van der Waals surface area contributed by atoms with Crippen LogP contribution in [0.1, 0.15) is 44.5 Å². The van der Waals surface area contributed by atoms with Crippen molar-refractivity contribution in [3.05, 3.63) is 262 Å². The summed E-state index contributed by atoms with van der Waals surface area (Å²) in [5.74, 6) is -0.596. The molecule has 0 heterocycles. The fraction of sp³-hybridized carbons (Fsp3) is 0.111. The Kier molecular flexibility index (Phi) is 12.1. The first-order valence-electron chi connectivity index (χ1n) is 26.2. The number of anilines is 6. The van der Waals surface area contributed by atoms with Crippen LogP contribution in [-0.4, -0.2) is 0 Å². The van der Waals surface area contributed by atoms with E-state index in [9.17, 15) is 0 Å². The zero-order valence-electron chi connectivity index (χ0n) is 44.3. The molecule has 12 aromatic carbocycles. The van der Waals surface area contributed by atoms with Gasteiger partial charge in [0.25, 0.3) is 0 Å². The van der Waals surface area contributed by atoms with Crippen molar-refractivity contribution in [1.82, 2.24) is 0 Å². The molecule has 76 heavy (non-hydrogen) atoms. The number of halogens is 2. The number of para-hydroxylation sites is 2. The summed E-state index contributed by atoms with van der Waals surface area (Å²) in [7, 11) is 0. The summed E-state index contributed by atoms with van der Waals surface area (Å²) in [6.07, 6.45) is 0. The minimum Gasteiger partial charge on any atom is -0.307 e. The molecule has 0 aromatic heterocycles. The molecule has 0 spiro atoms. The van der Waals surface area contributed by atoms with E-state index in [1.165, 1.54) is 0 Å². The summed E-state index contributed by atoms with van der Waals surface area (Å²) in [5, 5.41) is 6.14. The molecule has 4 heteroatoms. The van der Waals surface area contributed by atoms with E-state index in [0.717, 1.165) is 133 Å². The molecule has 0 fully saturated rings. The van der Waals surface area contributed by atoms with Crippen LogP contribution in [0, 0.1) is 67.0 Å². The van der Waals surface area contributed by atoms with E-state index in [1.807, 2.05) is 72.8 Å². The summed E-state index contributed by atoms with van der Waals surface area (Å²) in [6.45, 7) is 16.8. The van der Waals surface area contributed by atoms with Crippen molar-refractivity contribution in [2.75, 3.05) is 9.80 Å². The van der Waals surface area contributed by atoms with Gasteiger partial charge in [-0.15, -0.1) is 0 Å². The lowest BCUT2D eigenvalue weighted by atomic mass is 9.87. The smallest absolute Gasteiger partial charge is 0.155 e. The van der Waals surface area contributed by atoms with E-state index < -0.39 is 0 Å². The number of nitrogens with zero attached hydrogens (tertiary/aromatic N) is 2. The van der Waals surface area contributed by atoms with Crippen molar-refractivity contribution < 1.29 is 8.78 Å². The van der Waals surface area contributed by atoms with Gasteiger partial charge in [0.15, 0.2) is 11.6 Å². The summed E-state index contributed by atoms with van der Waals surface area (Å²) in [4.78, 5) is 4.17. The van der Waals surface area contributed by atoms with E-state index >= 15 is 8.78 Å². The van der Waals surface area contributed by atoms with Crippen LogP contribution in [0.5, 0.6) is 0 Å². The highest BCUT2D eigenvalue weighted by Gasteiger charge is 2.29. The van der Waals surface area contributed by atoms with Crippen LogP contribution >= 0.6 is 0 Å². The van der Waals surface area contributed by atoms with Gasteiger partial charge in [-0.2, -0.15) is 0 Å². The second-order valence-electron chi connectivity index (χ2n) is 20.6. The monoisotopic (exact) mass is 988 g/mol. The normalized spacial score (nSPS) is 11.6. The van der Waals surface area contributed by atoms with Crippen molar-refractivity contribution in [3.63, 3.8) is 0 Å². The highest BCUT2D eigenvalue weighted by molar-refractivity contribution is 6.28. The first-order valence-corrected chi connectivity index (χ1v) is 26.2. The Bertz CT molecular complexity index is 3960.